The first-order valence-electron chi connectivity index (χ1n) is 4.97. The van der Waals surface area contributed by atoms with Crippen molar-refractivity contribution >= 4 is 0 Å². The number of rotatable bonds is 2. The van der Waals surface area contributed by atoms with E-state index in [0.717, 1.165) is 18.2 Å². The van der Waals surface area contributed by atoms with Gasteiger partial charge >= 0.3 is 0 Å². The maximum absolute atomic E-state index is 4.47. The highest BCUT2D eigenvalue weighted by atomic mass is 15.4. The zero-order chi connectivity index (χ0) is 9.47. The summed E-state index contributed by atoms with van der Waals surface area (Å²) < 4.78 is 1.95. The van der Waals surface area contributed by atoms with Crippen molar-refractivity contribution in [1.29, 1.82) is 0 Å². The second kappa shape index (κ2) is 2.82. The van der Waals surface area contributed by atoms with Gasteiger partial charge in [0.1, 0.15) is 6.33 Å². The average Bonchev–Trinajstić information content (AvgIpc) is 2.63. The maximum atomic E-state index is 4.47. The summed E-state index contributed by atoms with van der Waals surface area (Å²) in [4.78, 5) is 4.31. The van der Waals surface area contributed by atoms with Gasteiger partial charge in [-0.3, -0.25) is 0 Å². The predicted octanol–water partition coefficient (Wildman–Crippen LogP) is 1.99. The summed E-state index contributed by atoms with van der Waals surface area (Å²) in [7, 11) is 0. The molecule has 0 spiro atoms. The van der Waals surface area contributed by atoms with Crippen molar-refractivity contribution in [1.82, 2.24) is 14.8 Å². The number of nitrogens with zero attached hydrogens (tertiary/aromatic N) is 3. The zero-order valence-corrected chi connectivity index (χ0v) is 8.62. The zero-order valence-electron chi connectivity index (χ0n) is 8.62. The Morgan fingerprint density at radius 1 is 1.46 bits per heavy atom. The van der Waals surface area contributed by atoms with Gasteiger partial charge < -0.3 is 0 Å². The summed E-state index contributed by atoms with van der Waals surface area (Å²) in [6, 6.07) is 0. The molecule has 1 aliphatic rings. The molecule has 1 aromatic rings. The normalized spacial score (nSPS) is 17.8. The monoisotopic (exact) mass is 179 g/mol. The lowest BCUT2D eigenvalue weighted by atomic mass is 10.1. The Balaban J connectivity index is 2.08. The molecule has 3 nitrogen and oxygen atoms in total. The molecule has 0 saturated heterocycles. The van der Waals surface area contributed by atoms with Gasteiger partial charge in [0, 0.05) is 6.42 Å². The third-order valence-electron chi connectivity index (χ3n) is 2.39. The lowest BCUT2D eigenvalue weighted by Crippen LogP contribution is -2.22. The Labute approximate surface area is 79.2 Å². The Morgan fingerprint density at radius 3 is 2.62 bits per heavy atom. The minimum absolute atomic E-state index is 0.0643. The van der Waals surface area contributed by atoms with Crippen molar-refractivity contribution in [2.45, 2.75) is 45.6 Å². The van der Waals surface area contributed by atoms with Crippen LogP contribution in [0.4, 0.5) is 0 Å². The maximum Gasteiger partial charge on any atom is 0.150 e. The van der Waals surface area contributed by atoms with E-state index < -0.39 is 0 Å². The minimum atomic E-state index is 0.0643. The van der Waals surface area contributed by atoms with Crippen molar-refractivity contribution in [3.8, 4) is 0 Å². The van der Waals surface area contributed by atoms with Gasteiger partial charge in [0.2, 0.25) is 0 Å². The van der Waals surface area contributed by atoms with Gasteiger partial charge in [-0.2, -0.15) is 5.10 Å². The van der Waals surface area contributed by atoms with Crippen LogP contribution in [0.5, 0.6) is 0 Å². The van der Waals surface area contributed by atoms with Gasteiger partial charge in [-0.05, 0) is 39.5 Å². The molecule has 13 heavy (non-hydrogen) atoms. The van der Waals surface area contributed by atoms with Crippen LogP contribution >= 0.6 is 0 Å². The summed E-state index contributed by atoms with van der Waals surface area (Å²) in [6.45, 7) is 6.42. The molecule has 72 valence electrons. The van der Waals surface area contributed by atoms with Crippen LogP contribution in [0.3, 0.4) is 0 Å². The summed E-state index contributed by atoms with van der Waals surface area (Å²) in [5.41, 5.74) is 0.0643. The molecule has 0 unspecified atom stereocenters. The van der Waals surface area contributed by atoms with E-state index >= 15 is 0 Å². The third-order valence-corrected chi connectivity index (χ3v) is 2.39. The largest absolute Gasteiger partial charge is 0.247 e. The van der Waals surface area contributed by atoms with Crippen LogP contribution in [0.25, 0.3) is 0 Å². The topological polar surface area (TPSA) is 30.7 Å². The van der Waals surface area contributed by atoms with Crippen LogP contribution in [-0.4, -0.2) is 14.8 Å². The smallest absolute Gasteiger partial charge is 0.150 e. The second-order valence-electron chi connectivity index (χ2n) is 4.92. The van der Waals surface area contributed by atoms with E-state index in [4.69, 9.17) is 0 Å². The van der Waals surface area contributed by atoms with Gasteiger partial charge in [0.05, 0.1) is 5.54 Å². The fourth-order valence-electron chi connectivity index (χ4n) is 1.29. The van der Waals surface area contributed by atoms with Crippen LogP contribution in [0, 0.1) is 5.92 Å². The van der Waals surface area contributed by atoms with Crippen molar-refractivity contribution in [3.05, 3.63) is 12.2 Å². The fourth-order valence-corrected chi connectivity index (χ4v) is 1.29. The molecule has 1 aliphatic carbocycles. The molecule has 2 rings (SSSR count). The van der Waals surface area contributed by atoms with Crippen molar-refractivity contribution < 1.29 is 0 Å². The molecule has 0 radical (unpaired) electrons. The van der Waals surface area contributed by atoms with Crippen molar-refractivity contribution in [2.24, 2.45) is 5.92 Å². The van der Waals surface area contributed by atoms with E-state index in [-0.39, 0.29) is 5.54 Å². The summed E-state index contributed by atoms with van der Waals surface area (Å²) in [5.74, 6) is 1.88. The van der Waals surface area contributed by atoms with E-state index in [0.29, 0.717) is 0 Å². The molecule has 0 amide bonds. The molecule has 1 heterocycles. The lowest BCUT2D eigenvalue weighted by molar-refractivity contribution is 0.352. The minimum Gasteiger partial charge on any atom is -0.247 e. The third kappa shape index (κ3) is 2.08. The number of aromatic nitrogens is 3. The molecule has 1 aromatic heterocycles. The highest BCUT2D eigenvalue weighted by Gasteiger charge is 2.24. The molecule has 0 bridgehead atoms. The predicted molar refractivity (Wildman–Crippen MR) is 51.4 cm³/mol. The van der Waals surface area contributed by atoms with E-state index in [1.165, 1.54) is 12.8 Å². The molecule has 3 heteroatoms. The summed E-state index contributed by atoms with van der Waals surface area (Å²) in [5, 5.41) is 4.47. The Hall–Kier alpha value is -0.860. The molecule has 0 aliphatic heterocycles. The molecular weight excluding hydrogens is 162 g/mol. The van der Waals surface area contributed by atoms with E-state index in [1.807, 2.05) is 11.0 Å². The quantitative estimate of drug-likeness (QED) is 0.695. The number of hydrogen-bond donors (Lipinski definition) is 0. The van der Waals surface area contributed by atoms with E-state index in [1.54, 1.807) is 0 Å². The van der Waals surface area contributed by atoms with Crippen LogP contribution in [0.2, 0.25) is 0 Å². The summed E-state index contributed by atoms with van der Waals surface area (Å²) >= 11 is 0. The molecular formula is C10H17N3. The first kappa shape index (κ1) is 8.73. The molecule has 1 saturated carbocycles. The van der Waals surface area contributed by atoms with Gasteiger partial charge in [-0.15, -0.1) is 0 Å². The average molecular weight is 179 g/mol. The molecule has 0 N–H and O–H groups in total. The number of hydrogen-bond acceptors (Lipinski definition) is 2. The highest BCUT2D eigenvalue weighted by molar-refractivity contribution is 4.91. The van der Waals surface area contributed by atoms with Crippen molar-refractivity contribution in [2.75, 3.05) is 0 Å². The van der Waals surface area contributed by atoms with E-state index in [9.17, 15) is 0 Å². The first-order valence-corrected chi connectivity index (χ1v) is 4.97. The Bertz CT molecular complexity index is 291. The van der Waals surface area contributed by atoms with Crippen LogP contribution in [0.1, 0.15) is 39.4 Å². The Kier molecular flexibility index (Phi) is 1.90. The van der Waals surface area contributed by atoms with Crippen LogP contribution in [-0.2, 0) is 12.0 Å². The molecule has 0 atom stereocenters. The first-order chi connectivity index (χ1) is 6.05. The van der Waals surface area contributed by atoms with Gasteiger partial charge in [-0.25, -0.2) is 9.67 Å². The lowest BCUT2D eigenvalue weighted by Gasteiger charge is -2.17. The molecule has 0 aromatic carbocycles. The Morgan fingerprint density at radius 2 is 2.15 bits per heavy atom. The van der Waals surface area contributed by atoms with Gasteiger partial charge in [0.15, 0.2) is 5.82 Å². The van der Waals surface area contributed by atoms with E-state index in [2.05, 4.69) is 30.9 Å². The highest BCUT2D eigenvalue weighted by Crippen LogP contribution is 2.31. The fraction of sp³-hybridized carbons (Fsp3) is 0.800. The summed E-state index contributed by atoms with van der Waals surface area (Å²) in [6.07, 6.45) is 5.65. The molecule has 1 fully saturated rings. The second-order valence-corrected chi connectivity index (χ2v) is 4.92. The van der Waals surface area contributed by atoms with Crippen LogP contribution < -0.4 is 0 Å². The van der Waals surface area contributed by atoms with Gasteiger partial charge in [0.25, 0.3) is 0 Å². The van der Waals surface area contributed by atoms with Crippen LogP contribution in [0.15, 0.2) is 6.33 Å². The standard InChI is InChI=1S/C10H17N3/c1-10(2,3)13-7-11-9(12-13)6-8-4-5-8/h7-8H,4-6H2,1-3H3. The van der Waals surface area contributed by atoms with Gasteiger partial charge in [-0.1, -0.05) is 0 Å². The van der Waals surface area contributed by atoms with Crippen molar-refractivity contribution in [3.63, 3.8) is 0 Å². The SMILES string of the molecule is CC(C)(C)n1cnc(CC2CC2)n1.